The summed E-state index contributed by atoms with van der Waals surface area (Å²) in [4.78, 5) is 0. The number of rotatable bonds is 5. The van der Waals surface area contributed by atoms with E-state index in [0.29, 0.717) is 6.54 Å². The quantitative estimate of drug-likeness (QED) is 0.909. The first-order chi connectivity index (χ1) is 9.76. The number of furan rings is 1. The van der Waals surface area contributed by atoms with Gasteiger partial charge in [0.2, 0.25) is 0 Å². The molecule has 0 saturated carbocycles. The fraction of sp³-hybridized carbons (Fsp3) is 0.375. The van der Waals surface area contributed by atoms with Gasteiger partial charge in [-0.1, -0.05) is 0 Å². The smallest absolute Gasteiger partial charge is 0.123 e. The van der Waals surface area contributed by atoms with Gasteiger partial charge in [0.25, 0.3) is 0 Å². The molecular formula is C16H19NO3. The van der Waals surface area contributed by atoms with Crippen molar-refractivity contribution in [3.8, 4) is 11.5 Å². The summed E-state index contributed by atoms with van der Waals surface area (Å²) in [5.74, 6) is 2.82. The largest absolute Gasteiger partial charge is 0.496 e. The number of nitrogens with one attached hydrogen (secondary N) is 1. The summed E-state index contributed by atoms with van der Waals surface area (Å²) < 4.78 is 16.6. The summed E-state index contributed by atoms with van der Waals surface area (Å²) in [5.41, 5.74) is 2.33. The molecular weight excluding hydrogens is 254 g/mol. The summed E-state index contributed by atoms with van der Waals surface area (Å²) in [6.07, 6.45) is 2.88. The number of methoxy groups -OCH3 is 1. The van der Waals surface area contributed by atoms with Gasteiger partial charge in [-0.05, 0) is 31.2 Å². The highest BCUT2D eigenvalue weighted by Gasteiger charge is 2.21. The Hall–Kier alpha value is -1.94. The monoisotopic (exact) mass is 273 g/mol. The van der Waals surface area contributed by atoms with Gasteiger partial charge in [-0.3, -0.25) is 0 Å². The Bertz CT molecular complexity index is 578. The van der Waals surface area contributed by atoms with Gasteiger partial charge in [-0.15, -0.1) is 0 Å². The van der Waals surface area contributed by atoms with E-state index in [1.807, 2.05) is 12.1 Å². The summed E-state index contributed by atoms with van der Waals surface area (Å²) in [6, 6.07) is 8.01. The highest BCUT2D eigenvalue weighted by Crippen LogP contribution is 2.34. The Labute approximate surface area is 118 Å². The van der Waals surface area contributed by atoms with Crippen LogP contribution in [0.15, 0.2) is 34.9 Å². The molecule has 1 aromatic carbocycles. The van der Waals surface area contributed by atoms with Crippen molar-refractivity contribution in [2.24, 2.45) is 0 Å². The molecule has 0 bridgehead atoms. The van der Waals surface area contributed by atoms with E-state index in [9.17, 15) is 0 Å². The van der Waals surface area contributed by atoms with Crippen molar-refractivity contribution in [3.63, 3.8) is 0 Å². The molecule has 0 saturated heterocycles. The Morgan fingerprint density at radius 2 is 2.25 bits per heavy atom. The van der Waals surface area contributed by atoms with Crippen molar-refractivity contribution in [1.29, 1.82) is 0 Å². The number of fused-ring (bicyclic) bond motifs is 1. The molecule has 0 aliphatic carbocycles. The topological polar surface area (TPSA) is 43.6 Å². The molecule has 1 aliphatic rings. The lowest BCUT2D eigenvalue weighted by Gasteiger charge is -2.11. The van der Waals surface area contributed by atoms with E-state index in [1.54, 1.807) is 13.4 Å². The average molecular weight is 273 g/mol. The van der Waals surface area contributed by atoms with Crippen molar-refractivity contribution in [3.05, 3.63) is 47.4 Å². The molecule has 20 heavy (non-hydrogen) atoms. The predicted molar refractivity (Wildman–Crippen MR) is 76.0 cm³/mol. The minimum absolute atomic E-state index is 0.251. The average Bonchev–Trinajstić information content (AvgIpc) is 3.05. The molecule has 106 valence electrons. The fourth-order valence-corrected chi connectivity index (χ4v) is 2.54. The van der Waals surface area contributed by atoms with Crippen molar-refractivity contribution < 1.29 is 13.9 Å². The number of benzene rings is 1. The highest BCUT2D eigenvalue weighted by molar-refractivity contribution is 5.48. The zero-order chi connectivity index (χ0) is 13.9. The third kappa shape index (κ3) is 2.65. The number of hydrogen-bond donors (Lipinski definition) is 1. The lowest BCUT2D eigenvalue weighted by atomic mass is 10.1. The molecule has 1 atom stereocenters. The van der Waals surface area contributed by atoms with Crippen LogP contribution in [0, 0.1) is 0 Å². The molecule has 1 aromatic heterocycles. The first-order valence-corrected chi connectivity index (χ1v) is 6.86. The van der Waals surface area contributed by atoms with Gasteiger partial charge in [0.1, 0.15) is 23.4 Å². The van der Waals surface area contributed by atoms with Crippen LogP contribution in [0.25, 0.3) is 0 Å². The lowest BCUT2D eigenvalue weighted by molar-refractivity contribution is 0.254. The van der Waals surface area contributed by atoms with Crippen molar-refractivity contribution in [2.45, 2.75) is 32.5 Å². The van der Waals surface area contributed by atoms with Gasteiger partial charge < -0.3 is 19.2 Å². The molecule has 2 heterocycles. The van der Waals surface area contributed by atoms with E-state index < -0.39 is 0 Å². The van der Waals surface area contributed by atoms with Crippen LogP contribution in [-0.4, -0.2) is 13.2 Å². The van der Waals surface area contributed by atoms with Crippen molar-refractivity contribution in [2.75, 3.05) is 7.11 Å². The molecule has 0 amide bonds. The van der Waals surface area contributed by atoms with Gasteiger partial charge in [0, 0.05) is 24.1 Å². The Kier molecular flexibility index (Phi) is 3.65. The van der Waals surface area contributed by atoms with Crippen LogP contribution < -0.4 is 14.8 Å². The van der Waals surface area contributed by atoms with Crippen LogP contribution in [0.4, 0.5) is 0 Å². The van der Waals surface area contributed by atoms with Crippen LogP contribution in [0.2, 0.25) is 0 Å². The van der Waals surface area contributed by atoms with Crippen LogP contribution in [0.1, 0.15) is 23.8 Å². The van der Waals surface area contributed by atoms with Gasteiger partial charge in [0.15, 0.2) is 0 Å². The van der Waals surface area contributed by atoms with E-state index in [4.69, 9.17) is 13.9 Å². The maximum absolute atomic E-state index is 5.80. The molecule has 1 aliphatic heterocycles. The maximum Gasteiger partial charge on any atom is 0.123 e. The van der Waals surface area contributed by atoms with Gasteiger partial charge >= 0.3 is 0 Å². The third-order valence-electron chi connectivity index (χ3n) is 3.49. The molecule has 0 fully saturated rings. The van der Waals surface area contributed by atoms with E-state index in [-0.39, 0.29) is 6.10 Å². The van der Waals surface area contributed by atoms with Crippen LogP contribution in [0.5, 0.6) is 11.5 Å². The SMILES string of the molecule is COc1cc2c(cc1CNCc1ccco1)OC(C)C2. The van der Waals surface area contributed by atoms with Crippen LogP contribution in [-0.2, 0) is 19.5 Å². The second-order valence-electron chi connectivity index (χ2n) is 5.09. The zero-order valence-electron chi connectivity index (χ0n) is 11.8. The zero-order valence-corrected chi connectivity index (χ0v) is 11.8. The molecule has 1 N–H and O–H groups in total. The highest BCUT2D eigenvalue weighted by atomic mass is 16.5. The van der Waals surface area contributed by atoms with Gasteiger partial charge in [-0.2, -0.15) is 0 Å². The Morgan fingerprint density at radius 1 is 1.35 bits per heavy atom. The molecule has 0 radical (unpaired) electrons. The first-order valence-electron chi connectivity index (χ1n) is 6.86. The number of ether oxygens (including phenoxy) is 2. The van der Waals surface area contributed by atoms with E-state index in [1.165, 1.54) is 5.56 Å². The second kappa shape index (κ2) is 5.59. The molecule has 4 heteroatoms. The Morgan fingerprint density at radius 3 is 3.00 bits per heavy atom. The summed E-state index contributed by atoms with van der Waals surface area (Å²) in [5, 5.41) is 3.35. The standard InChI is InChI=1S/C16H19NO3/c1-11-6-12-7-15(18-2)13(8-16(12)20-11)9-17-10-14-4-3-5-19-14/h3-5,7-8,11,17H,6,9-10H2,1-2H3. The van der Waals surface area contributed by atoms with Crippen molar-refractivity contribution in [1.82, 2.24) is 5.32 Å². The normalized spacial score (nSPS) is 16.8. The number of hydrogen-bond acceptors (Lipinski definition) is 4. The van der Waals surface area contributed by atoms with Crippen molar-refractivity contribution >= 4 is 0 Å². The second-order valence-corrected chi connectivity index (χ2v) is 5.09. The molecule has 4 nitrogen and oxygen atoms in total. The first kappa shape index (κ1) is 13.1. The Balaban J connectivity index is 1.70. The fourth-order valence-electron chi connectivity index (χ4n) is 2.54. The minimum Gasteiger partial charge on any atom is -0.496 e. The molecule has 1 unspecified atom stereocenters. The van der Waals surface area contributed by atoms with Crippen LogP contribution >= 0.6 is 0 Å². The van der Waals surface area contributed by atoms with Gasteiger partial charge in [-0.25, -0.2) is 0 Å². The molecule has 2 aromatic rings. The summed E-state index contributed by atoms with van der Waals surface area (Å²) in [7, 11) is 1.71. The summed E-state index contributed by atoms with van der Waals surface area (Å²) in [6.45, 7) is 3.50. The molecule has 3 rings (SSSR count). The van der Waals surface area contributed by atoms with Gasteiger partial charge in [0.05, 0.1) is 19.9 Å². The van der Waals surface area contributed by atoms with E-state index in [2.05, 4.69) is 24.4 Å². The molecule has 0 spiro atoms. The summed E-state index contributed by atoms with van der Waals surface area (Å²) >= 11 is 0. The van der Waals surface area contributed by atoms with E-state index >= 15 is 0 Å². The minimum atomic E-state index is 0.251. The van der Waals surface area contributed by atoms with E-state index in [0.717, 1.165) is 35.8 Å². The van der Waals surface area contributed by atoms with Crippen LogP contribution in [0.3, 0.4) is 0 Å². The third-order valence-corrected chi connectivity index (χ3v) is 3.49. The maximum atomic E-state index is 5.80. The lowest BCUT2D eigenvalue weighted by Crippen LogP contribution is -2.13. The predicted octanol–water partition coefficient (Wildman–Crippen LogP) is 2.90.